The summed E-state index contributed by atoms with van der Waals surface area (Å²) in [7, 11) is 1.65. The number of carbonyl (C=O) groups excluding carboxylic acids is 1. The number of nitrogens with zero attached hydrogens (tertiary/aromatic N) is 1. The number of hydrogen-bond donors (Lipinski definition) is 1. The second-order valence-electron chi connectivity index (χ2n) is 17.8. The van der Waals surface area contributed by atoms with Crippen LogP contribution in [0.5, 0.6) is 0 Å². The second-order valence-corrected chi connectivity index (χ2v) is 19.3. The number of ether oxygens (including phenoxy) is 2. The van der Waals surface area contributed by atoms with Crippen LogP contribution in [0.2, 0.25) is 0 Å². The van der Waals surface area contributed by atoms with Gasteiger partial charge in [-0.2, -0.15) is 0 Å². The second kappa shape index (κ2) is 44.8. The van der Waals surface area contributed by atoms with Crippen molar-refractivity contribution >= 4 is 13.8 Å². The van der Waals surface area contributed by atoms with Crippen LogP contribution < -0.4 is 0 Å². The van der Waals surface area contributed by atoms with E-state index in [-0.39, 0.29) is 25.8 Å². The SMILES string of the molecule is CC/C=C\C/C=C\C/C=C\CCCCCCCCCC(=O)OC(COCCCCCCCCCCCC/C=C\C/C=C\CCCCCCC)COP(=O)(O)OCC[N+](C)(C)C. The molecule has 2 unspecified atom stereocenters. The van der Waals surface area contributed by atoms with Gasteiger partial charge in [-0.3, -0.25) is 13.8 Å². The first-order valence-electron chi connectivity index (χ1n) is 25.0. The Bertz CT molecular complexity index is 1160. The predicted octanol–water partition coefficient (Wildman–Crippen LogP) is 15.3. The maximum Gasteiger partial charge on any atom is 0.472 e. The van der Waals surface area contributed by atoms with Crippen molar-refractivity contribution in [2.75, 3.05) is 54.1 Å². The van der Waals surface area contributed by atoms with Crippen LogP contribution in [0.4, 0.5) is 0 Å². The Balaban J connectivity index is 4.16. The molecule has 8 nitrogen and oxygen atoms in total. The molecule has 356 valence electrons. The molecule has 61 heavy (non-hydrogen) atoms. The molecule has 0 heterocycles. The van der Waals surface area contributed by atoms with Gasteiger partial charge >= 0.3 is 13.8 Å². The van der Waals surface area contributed by atoms with Crippen LogP contribution >= 0.6 is 7.82 Å². The number of allylic oxidation sites excluding steroid dienone is 10. The number of hydrogen-bond acceptors (Lipinski definition) is 6. The van der Waals surface area contributed by atoms with E-state index < -0.39 is 13.9 Å². The minimum Gasteiger partial charge on any atom is -0.457 e. The zero-order chi connectivity index (χ0) is 44.8. The molecule has 0 saturated heterocycles. The molecule has 0 fully saturated rings. The lowest BCUT2D eigenvalue weighted by molar-refractivity contribution is -0.870. The van der Waals surface area contributed by atoms with Gasteiger partial charge in [-0.05, 0) is 77.0 Å². The minimum absolute atomic E-state index is 0.0837. The van der Waals surface area contributed by atoms with Gasteiger partial charge in [-0.25, -0.2) is 4.57 Å². The van der Waals surface area contributed by atoms with E-state index in [0.29, 0.717) is 24.1 Å². The highest BCUT2D eigenvalue weighted by Gasteiger charge is 2.26. The number of quaternary nitrogens is 1. The average Bonchev–Trinajstić information content (AvgIpc) is 3.22. The molecule has 0 aromatic heterocycles. The third-order valence-corrected chi connectivity index (χ3v) is 11.5. The standard InChI is InChI=1S/C52H96NO7P/c1-6-8-10-12-14-16-18-20-22-24-25-26-27-28-30-32-34-36-38-40-42-44-47-57-49-51(50-59-61(55,56)58-48-46-53(3,4)5)60-52(54)45-43-41-39-37-35-33-31-29-23-21-19-17-15-13-11-9-7-2/h9,11,15,17-18,20-21,23-25,51H,6-8,10,12-14,16,19,22,26-50H2,1-5H3/p+1/b11-9-,17-15-,20-18-,23-21-,25-24-. The van der Waals surface area contributed by atoms with Crippen LogP contribution in [-0.2, 0) is 27.9 Å². The smallest absolute Gasteiger partial charge is 0.457 e. The van der Waals surface area contributed by atoms with Crippen LogP contribution in [0, 0.1) is 0 Å². The van der Waals surface area contributed by atoms with Gasteiger partial charge in [0.1, 0.15) is 19.3 Å². The Kier molecular flexibility index (Phi) is 43.5. The van der Waals surface area contributed by atoms with Crippen molar-refractivity contribution in [2.24, 2.45) is 0 Å². The van der Waals surface area contributed by atoms with Crippen molar-refractivity contribution < 1.29 is 37.3 Å². The highest BCUT2D eigenvalue weighted by Crippen LogP contribution is 2.43. The van der Waals surface area contributed by atoms with Crippen molar-refractivity contribution in [3.63, 3.8) is 0 Å². The molecule has 0 radical (unpaired) electrons. The van der Waals surface area contributed by atoms with Gasteiger partial charge in [0.05, 0.1) is 34.4 Å². The van der Waals surface area contributed by atoms with E-state index in [2.05, 4.69) is 74.6 Å². The van der Waals surface area contributed by atoms with Crippen LogP contribution in [0.3, 0.4) is 0 Å². The zero-order valence-electron chi connectivity index (χ0n) is 40.4. The molecular formula is C52H97NO7P+. The van der Waals surface area contributed by atoms with Crippen molar-refractivity contribution in [2.45, 2.75) is 213 Å². The summed E-state index contributed by atoms with van der Waals surface area (Å²) in [4.78, 5) is 23.0. The molecule has 1 N–H and O–H groups in total. The van der Waals surface area contributed by atoms with Crippen molar-refractivity contribution in [3.05, 3.63) is 60.8 Å². The summed E-state index contributed by atoms with van der Waals surface area (Å²) in [6, 6.07) is 0. The van der Waals surface area contributed by atoms with E-state index in [1.807, 2.05) is 21.1 Å². The molecule has 2 atom stereocenters. The maximum atomic E-state index is 12.7. The summed E-state index contributed by atoms with van der Waals surface area (Å²) < 4.78 is 35.1. The lowest BCUT2D eigenvalue weighted by Crippen LogP contribution is -2.37. The van der Waals surface area contributed by atoms with E-state index >= 15 is 0 Å². The molecule has 0 bridgehead atoms. The maximum absolute atomic E-state index is 12.7. The fourth-order valence-electron chi connectivity index (χ4n) is 6.72. The topological polar surface area (TPSA) is 91.3 Å². The summed E-state index contributed by atoms with van der Waals surface area (Å²) in [6.07, 6.45) is 56.9. The van der Waals surface area contributed by atoms with E-state index in [0.717, 1.165) is 64.2 Å². The Morgan fingerprint density at radius 1 is 0.525 bits per heavy atom. The monoisotopic (exact) mass is 879 g/mol. The molecule has 0 amide bonds. The molecule has 0 rings (SSSR count). The number of carbonyl (C=O) groups is 1. The molecule has 0 aliphatic heterocycles. The first-order chi connectivity index (χ1) is 29.6. The summed E-state index contributed by atoms with van der Waals surface area (Å²) in [5.41, 5.74) is 0. The van der Waals surface area contributed by atoms with Gasteiger partial charge in [0.25, 0.3) is 0 Å². The molecule has 0 spiro atoms. The summed E-state index contributed by atoms with van der Waals surface area (Å²) in [5, 5.41) is 0. The Hall–Kier alpha value is -1.80. The summed E-state index contributed by atoms with van der Waals surface area (Å²) in [5.74, 6) is -0.325. The number of likely N-dealkylation sites (N-methyl/N-ethyl adjacent to an activating group) is 1. The van der Waals surface area contributed by atoms with Crippen molar-refractivity contribution in [3.8, 4) is 0 Å². The van der Waals surface area contributed by atoms with Gasteiger partial charge in [-0.1, -0.05) is 184 Å². The van der Waals surface area contributed by atoms with Crippen molar-refractivity contribution in [1.29, 1.82) is 0 Å². The fourth-order valence-corrected chi connectivity index (χ4v) is 7.46. The van der Waals surface area contributed by atoms with Crippen LogP contribution in [0.15, 0.2) is 60.8 Å². The lowest BCUT2D eigenvalue weighted by Gasteiger charge is -2.24. The minimum atomic E-state index is -4.29. The summed E-state index contributed by atoms with van der Waals surface area (Å²) >= 11 is 0. The Morgan fingerprint density at radius 3 is 1.43 bits per heavy atom. The Morgan fingerprint density at radius 2 is 0.951 bits per heavy atom. The molecule has 9 heteroatoms. The molecule has 0 aromatic rings. The van der Waals surface area contributed by atoms with E-state index in [1.165, 1.54) is 122 Å². The number of phosphoric acid groups is 1. The van der Waals surface area contributed by atoms with Gasteiger partial charge in [-0.15, -0.1) is 0 Å². The number of phosphoric ester groups is 1. The van der Waals surface area contributed by atoms with Gasteiger partial charge in [0.15, 0.2) is 0 Å². The molecule has 0 aliphatic rings. The molecule has 0 aliphatic carbocycles. The molecule has 0 saturated carbocycles. The fraction of sp³-hybridized carbons (Fsp3) is 0.788. The Labute approximate surface area is 377 Å². The summed E-state index contributed by atoms with van der Waals surface area (Å²) in [6.45, 7) is 5.49. The largest absolute Gasteiger partial charge is 0.472 e. The van der Waals surface area contributed by atoms with Gasteiger partial charge in [0.2, 0.25) is 0 Å². The number of unbranched alkanes of at least 4 members (excludes halogenated alkanes) is 22. The first kappa shape index (κ1) is 59.2. The predicted molar refractivity (Wildman–Crippen MR) is 261 cm³/mol. The first-order valence-corrected chi connectivity index (χ1v) is 26.5. The average molecular weight is 879 g/mol. The number of rotatable bonds is 46. The van der Waals surface area contributed by atoms with Crippen LogP contribution in [-0.4, -0.2) is 75.6 Å². The highest BCUT2D eigenvalue weighted by molar-refractivity contribution is 7.47. The van der Waals surface area contributed by atoms with E-state index in [9.17, 15) is 14.3 Å². The van der Waals surface area contributed by atoms with Gasteiger partial charge < -0.3 is 18.9 Å². The van der Waals surface area contributed by atoms with Gasteiger partial charge in [0, 0.05) is 13.0 Å². The van der Waals surface area contributed by atoms with Crippen LogP contribution in [0.1, 0.15) is 206 Å². The highest BCUT2D eigenvalue weighted by atomic mass is 31.2. The number of esters is 1. The van der Waals surface area contributed by atoms with Crippen molar-refractivity contribution in [1.82, 2.24) is 0 Å². The quantitative estimate of drug-likeness (QED) is 0.0214. The van der Waals surface area contributed by atoms with E-state index in [4.69, 9.17) is 18.5 Å². The van der Waals surface area contributed by atoms with Crippen LogP contribution in [0.25, 0.3) is 0 Å². The zero-order valence-corrected chi connectivity index (χ0v) is 41.3. The molecular weight excluding hydrogens is 782 g/mol. The molecule has 0 aromatic carbocycles. The third-order valence-electron chi connectivity index (χ3n) is 10.6. The normalized spacial score (nSPS) is 14.1. The third kappa shape index (κ3) is 49.1. The van der Waals surface area contributed by atoms with E-state index in [1.54, 1.807) is 0 Å². The lowest BCUT2D eigenvalue weighted by atomic mass is 10.1.